The zero-order valence-corrected chi connectivity index (χ0v) is 8.24. The molecule has 1 aliphatic rings. The van der Waals surface area contributed by atoms with Crippen LogP contribution in [-0.4, -0.2) is 0 Å². The van der Waals surface area contributed by atoms with E-state index in [1.807, 2.05) is 6.07 Å². The van der Waals surface area contributed by atoms with Gasteiger partial charge in [-0.25, -0.2) is 0 Å². The summed E-state index contributed by atoms with van der Waals surface area (Å²) >= 11 is 4.70. The molecule has 0 saturated carbocycles. The number of hydrogen-bond acceptors (Lipinski definition) is 1. The highest BCUT2D eigenvalue weighted by atomic mass is 32.1. The van der Waals surface area contributed by atoms with Crippen LogP contribution in [0.25, 0.3) is 0 Å². The van der Waals surface area contributed by atoms with Gasteiger partial charge in [-0.05, 0) is 12.0 Å². The summed E-state index contributed by atoms with van der Waals surface area (Å²) in [6.45, 7) is 0. The van der Waals surface area contributed by atoms with Gasteiger partial charge in [0.1, 0.15) is 0 Å². The molecule has 0 bridgehead atoms. The summed E-state index contributed by atoms with van der Waals surface area (Å²) in [6.07, 6.45) is 9.39. The van der Waals surface area contributed by atoms with E-state index in [0.717, 1.165) is 6.42 Å². The lowest BCUT2D eigenvalue weighted by Gasteiger charge is -2.25. The lowest BCUT2D eigenvalue weighted by Crippen LogP contribution is -2.15. The van der Waals surface area contributed by atoms with E-state index < -0.39 is 0 Å². The van der Waals surface area contributed by atoms with Gasteiger partial charge in [0.2, 0.25) is 0 Å². The molecular weight excluding hydrogens is 176 g/mol. The van der Waals surface area contributed by atoms with Crippen LogP contribution in [0, 0.1) is 0 Å². The van der Waals surface area contributed by atoms with Gasteiger partial charge in [0.05, 0.1) is 4.75 Å². The second kappa shape index (κ2) is 3.43. The van der Waals surface area contributed by atoms with E-state index in [1.54, 1.807) is 0 Å². The zero-order chi connectivity index (χ0) is 9.15. The van der Waals surface area contributed by atoms with E-state index >= 15 is 0 Å². The molecular formula is C12H12S. The molecule has 0 spiro atoms. The van der Waals surface area contributed by atoms with Gasteiger partial charge in [0.25, 0.3) is 0 Å². The summed E-state index contributed by atoms with van der Waals surface area (Å²) in [4.78, 5) is 0. The van der Waals surface area contributed by atoms with E-state index in [4.69, 9.17) is 12.6 Å². The quantitative estimate of drug-likeness (QED) is 0.642. The summed E-state index contributed by atoms with van der Waals surface area (Å²) in [5, 5.41) is 0. The number of rotatable bonds is 1. The molecule has 0 amide bonds. The molecule has 1 aliphatic carbocycles. The van der Waals surface area contributed by atoms with E-state index in [9.17, 15) is 0 Å². The van der Waals surface area contributed by atoms with E-state index in [-0.39, 0.29) is 4.75 Å². The molecule has 0 saturated heterocycles. The van der Waals surface area contributed by atoms with Crippen LogP contribution >= 0.6 is 12.6 Å². The first kappa shape index (κ1) is 8.64. The zero-order valence-electron chi connectivity index (χ0n) is 7.35. The molecule has 13 heavy (non-hydrogen) atoms. The molecule has 0 fully saturated rings. The molecule has 1 unspecified atom stereocenters. The van der Waals surface area contributed by atoms with Gasteiger partial charge in [-0.15, -0.1) is 0 Å². The van der Waals surface area contributed by atoms with Crippen LogP contribution < -0.4 is 0 Å². The van der Waals surface area contributed by atoms with Crippen LogP contribution in [0.1, 0.15) is 12.0 Å². The van der Waals surface area contributed by atoms with Gasteiger partial charge < -0.3 is 0 Å². The minimum atomic E-state index is -0.101. The Morgan fingerprint density at radius 2 is 1.85 bits per heavy atom. The molecule has 2 rings (SSSR count). The maximum Gasteiger partial charge on any atom is 0.0595 e. The van der Waals surface area contributed by atoms with E-state index in [0.29, 0.717) is 0 Å². The maximum atomic E-state index is 4.70. The standard InChI is InChI=1S/C12H12S/c13-12(9-5-2-6-10-12)11-7-3-1-4-8-11/h1-9,13H,10H2. The summed E-state index contributed by atoms with van der Waals surface area (Å²) in [6, 6.07) is 10.4. The molecule has 1 atom stereocenters. The Morgan fingerprint density at radius 1 is 1.08 bits per heavy atom. The van der Waals surface area contributed by atoms with Crippen molar-refractivity contribution in [2.45, 2.75) is 11.2 Å². The second-order valence-corrected chi connectivity index (χ2v) is 4.08. The summed E-state index contributed by atoms with van der Waals surface area (Å²) < 4.78 is -0.101. The SMILES string of the molecule is SC1(c2ccccc2)C=CC=CC1. The van der Waals surface area contributed by atoms with Gasteiger partial charge in [0.15, 0.2) is 0 Å². The number of allylic oxidation sites excluding steroid dienone is 3. The fraction of sp³-hybridized carbons (Fsp3) is 0.167. The van der Waals surface area contributed by atoms with Crippen molar-refractivity contribution in [1.29, 1.82) is 0 Å². The lowest BCUT2D eigenvalue weighted by molar-refractivity contribution is 0.786. The van der Waals surface area contributed by atoms with Crippen molar-refractivity contribution < 1.29 is 0 Å². The normalized spacial score (nSPS) is 26.2. The second-order valence-electron chi connectivity index (χ2n) is 3.28. The minimum absolute atomic E-state index is 0.101. The predicted molar refractivity (Wildman–Crippen MR) is 60.0 cm³/mol. The highest BCUT2D eigenvalue weighted by Crippen LogP contribution is 2.35. The Hall–Kier alpha value is -0.950. The predicted octanol–water partition coefficient (Wildman–Crippen LogP) is 3.33. The molecule has 0 heterocycles. The third-order valence-electron chi connectivity index (χ3n) is 2.32. The molecule has 66 valence electrons. The highest BCUT2D eigenvalue weighted by molar-refractivity contribution is 7.81. The van der Waals surface area contributed by atoms with Gasteiger partial charge in [0, 0.05) is 0 Å². The number of benzene rings is 1. The largest absolute Gasteiger partial charge is 0.163 e. The fourth-order valence-electron chi connectivity index (χ4n) is 1.55. The molecule has 0 N–H and O–H groups in total. The Kier molecular flexibility index (Phi) is 2.28. The summed E-state index contributed by atoms with van der Waals surface area (Å²) in [5.74, 6) is 0. The molecule has 0 radical (unpaired) electrons. The monoisotopic (exact) mass is 188 g/mol. The average Bonchev–Trinajstić information content (AvgIpc) is 2.20. The van der Waals surface area contributed by atoms with Crippen LogP contribution in [0.2, 0.25) is 0 Å². The Bertz CT molecular complexity index is 337. The van der Waals surface area contributed by atoms with Crippen LogP contribution in [0.15, 0.2) is 54.6 Å². The van der Waals surface area contributed by atoms with Gasteiger partial charge in [-0.2, -0.15) is 12.6 Å². The first-order valence-corrected chi connectivity index (χ1v) is 4.88. The average molecular weight is 188 g/mol. The molecule has 1 aromatic rings. The van der Waals surface area contributed by atoms with Crippen molar-refractivity contribution in [2.24, 2.45) is 0 Å². The molecule has 1 heteroatoms. The molecule has 1 aromatic carbocycles. The number of thiol groups is 1. The van der Waals surface area contributed by atoms with Crippen molar-refractivity contribution in [1.82, 2.24) is 0 Å². The van der Waals surface area contributed by atoms with E-state index in [2.05, 4.69) is 48.6 Å². The van der Waals surface area contributed by atoms with Crippen LogP contribution in [-0.2, 0) is 4.75 Å². The van der Waals surface area contributed by atoms with Crippen molar-refractivity contribution in [3.05, 3.63) is 60.2 Å². The van der Waals surface area contributed by atoms with E-state index in [1.165, 1.54) is 5.56 Å². The molecule has 0 aliphatic heterocycles. The topological polar surface area (TPSA) is 0 Å². The molecule has 0 nitrogen and oxygen atoms in total. The third-order valence-corrected chi connectivity index (χ3v) is 2.91. The van der Waals surface area contributed by atoms with Crippen molar-refractivity contribution in [3.8, 4) is 0 Å². The first-order chi connectivity index (χ1) is 6.31. The Morgan fingerprint density at radius 3 is 2.46 bits per heavy atom. The van der Waals surface area contributed by atoms with Gasteiger partial charge in [-0.3, -0.25) is 0 Å². The smallest absolute Gasteiger partial charge is 0.0595 e. The van der Waals surface area contributed by atoms with Crippen molar-refractivity contribution in [2.75, 3.05) is 0 Å². The lowest BCUT2D eigenvalue weighted by atomic mass is 9.91. The van der Waals surface area contributed by atoms with Crippen LogP contribution in [0.4, 0.5) is 0 Å². The summed E-state index contributed by atoms with van der Waals surface area (Å²) in [5.41, 5.74) is 1.26. The Balaban J connectivity index is 2.35. The van der Waals surface area contributed by atoms with Crippen LogP contribution in [0.5, 0.6) is 0 Å². The highest BCUT2D eigenvalue weighted by Gasteiger charge is 2.23. The van der Waals surface area contributed by atoms with Crippen molar-refractivity contribution in [3.63, 3.8) is 0 Å². The van der Waals surface area contributed by atoms with Gasteiger partial charge in [-0.1, -0.05) is 54.6 Å². The van der Waals surface area contributed by atoms with Crippen LogP contribution in [0.3, 0.4) is 0 Å². The maximum absolute atomic E-state index is 4.70. The fourth-order valence-corrected chi connectivity index (χ4v) is 1.89. The first-order valence-electron chi connectivity index (χ1n) is 4.43. The number of hydrogen-bond donors (Lipinski definition) is 1. The summed E-state index contributed by atoms with van der Waals surface area (Å²) in [7, 11) is 0. The minimum Gasteiger partial charge on any atom is -0.163 e. The molecule has 0 aromatic heterocycles. The third kappa shape index (κ3) is 1.70. The van der Waals surface area contributed by atoms with Crippen molar-refractivity contribution >= 4 is 12.6 Å². The van der Waals surface area contributed by atoms with Gasteiger partial charge >= 0.3 is 0 Å². The Labute approximate surface area is 84.4 Å².